The van der Waals surface area contributed by atoms with Gasteiger partial charge >= 0.3 is 0 Å². The third kappa shape index (κ3) is 6.66. The van der Waals surface area contributed by atoms with Crippen LogP contribution in [0.2, 0.25) is 0 Å². The fraction of sp³-hybridized carbons (Fsp3) is 0.289. The number of aliphatic imine (C=N–C) groups is 1. The van der Waals surface area contributed by atoms with Crippen molar-refractivity contribution >= 4 is 52.1 Å². The lowest BCUT2D eigenvalue weighted by Crippen LogP contribution is -2.49. The minimum absolute atomic E-state index is 0.0702. The van der Waals surface area contributed by atoms with Gasteiger partial charge in [-0.05, 0) is 54.3 Å². The average molecular weight is 690 g/mol. The molecule has 0 unspecified atom stereocenters. The van der Waals surface area contributed by atoms with Gasteiger partial charge in [0.25, 0.3) is 5.91 Å². The lowest BCUT2D eigenvalue weighted by molar-refractivity contribution is -0.130. The number of ether oxygens (including phenoxy) is 1. The van der Waals surface area contributed by atoms with Gasteiger partial charge in [0, 0.05) is 93.6 Å². The Bertz CT molecular complexity index is 2190. The number of fused-ring (bicyclic) bond motifs is 2. The molecule has 0 radical (unpaired) electrons. The number of amides is 2. The quantitative estimate of drug-likeness (QED) is 0.128. The summed E-state index contributed by atoms with van der Waals surface area (Å²) in [7, 11) is 1.60. The number of methoxy groups -OCH3 is 1. The van der Waals surface area contributed by atoms with Crippen molar-refractivity contribution in [2.45, 2.75) is 19.8 Å². The number of piperazine rings is 1. The van der Waals surface area contributed by atoms with Gasteiger partial charge in [-0.2, -0.15) is 5.10 Å². The number of hydrogen-bond donors (Lipinski definition) is 2. The van der Waals surface area contributed by atoms with Gasteiger partial charge in [-0.25, -0.2) is 9.37 Å². The Morgan fingerprint density at radius 3 is 2.67 bits per heavy atom. The number of aromatic amines is 1. The molecule has 5 heterocycles. The Balaban J connectivity index is 1.17. The van der Waals surface area contributed by atoms with Gasteiger partial charge in [0.1, 0.15) is 17.1 Å². The van der Waals surface area contributed by atoms with Crippen LogP contribution in [-0.2, 0) is 4.79 Å². The maximum absolute atomic E-state index is 16.7. The summed E-state index contributed by atoms with van der Waals surface area (Å²) in [5.74, 6) is 4.99. The van der Waals surface area contributed by atoms with Crippen LogP contribution in [0.4, 0.5) is 10.1 Å². The van der Waals surface area contributed by atoms with E-state index < -0.39 is 5.82 Å². The number of hydrazone groups is 1. The monoisotopic (exact) mass is 689 g/mol. The molecule has 0 bridgehead atoms. The molecule has 262 valence electrons. The molecular weight excluding hydrogens is 649 g/mol. The summed E-state index contributed by atoms with van der Waals surface area (Å²) in [4.78, 5) is 44.6. The summed E-state index contributed by atoms with van der Waals surface area (Å²) < 4.78 is 24.4. The number of H-pyrrole nitrogens is 1. The molecule has 1 fully saturated rings. The van der Waals surface area contributed by atoms with Crippen molar-refractivity contribution in [2.24, 2.45) is 15.9 Å². The van der Waals surface area contributed by atoms with Crippen LogP contribution in [0.5, 0.6) is 5.75 Å². The number of aromatic nitrogens is 3. The highest BCUT2D eigenvalue weighted by Crippen LogP contribution is 2.40. The molecule has 13 heteroatoms. The highest BCUT2D eigenvalue weighted by Gasteiger charge is 2.28. The first-order valence-corrected chi connectivity index (χ1v) is 17.0. The molecule has 5 aromatic rings. The number of anilines is 1. The fourth-order valence-electron chi connectivity index (χ4n) is 7.03. The molecular formula is C38H40FN9O3. The largest absolute Gasteiger partial charge is 0.496 e. The van der Waals surface area contributed by atoms with Crippen molar-refractivity contribution in [3.63, 3.8) is 0 Å². The number of halogens is 1. The molecule has 1 saturated heterocycles. The van der Waals surface area contributed by atoms with Crippen LogP contribution in [0.15, 0.2) is 77.2 Å². The van der Waals surface area contributed by atoms with E-state index in [1.165, 1.54) is 12.4 Å². The number of pyridine rings is 1. The topological polar surface area (TPSA) is 137 Å². The van der Waals surface area contributed by atoms with Crippen molar-refractivity contribution in [3.05, 3.63) is 89.8 Å². The number of imidazole rings is 1. The van der Waals surface area contributed by atoms with Crippen LogP contribution in [0.25, 0.3) is 33.3 Å². The third-order valence-electron chi connectivity index (χ3n) is 9.66. The van der Waals surface area contributed by atoms with E-state index in [0.717, 1.165) is 28.0 Å². The number of rotatable bonds is 9. The number of carbonyl (C=O) groups excluding carboxylic acids is 2. The van der Waals surface area contributed by atoms with Crippen molar-refractivity contribution in [1.82, 2.24) is 24.2 Å². The second-order valence-electron chi connectivity index (χ2n) is 12.7. The fourth-order valence-corrected chi connectivity index (χ4v) is 7.03. The second-order valence-corrected chi connectivity index (χ2v) is 12.7. The maximum atomic E-state index is 16.7. The number of aryl methyl sites for hydroxylation is 1. The van der Waals surface area contributed by atoms with E-state index in [1.807, 2.05) is 51.9 Å². The summed E-state index contributed by atoms with van der Waals surface area (Å²) >= 11 is 0. The summed E-state index contributed by atoms with van der Waals surface area (Å²) in [5.41, 5.74) is 6.25. The second kappa shape index (κ2) is 14.5. The van der Waals surface area contributed by atoms with Gasteiger partial charge in [-0.1, -0.05) is 24.3 Å². The summed E-state index contributed by atoms with van der Waals surface area (Å²) in [6.07, 6.45) is 11.4. The van der Waals surface area contributed by atoms with Crippen LogP contribution >= 0.6 is 0 Å². The Morgan fingerprint density at radius 2 is 1.86 bits per heavy atom. The summed E-state index contributed by atoms with van der Waals surface area (Å²) in [6.45, 7) is 5.52. The summed E-state index contributed by atoms with van der Waals surface area (Å²) in [5, 5.41) is 3.94. The molecule has 3 aromatic heterocycles. The van der Waals surface area contributed by atoms with Crippen molar-refractivity contribution in [2.75, 3.05) is 57.8 Å². The third-order valence-corrected chi connectivity index (χ3v) is 9.66. The number of carbonyl (C=O) groups is 2. The van der Waals surface area contributed by atoms with Gasteiger partial charge in [-0.15, -0.1) is 0 Å². The van der Waals surface area contributed by atoms with Gasteiger partial charge < -0.3 is 34.7 Å². The smallest absolute Gasteiger partial charge is 0.270 e. The molecule has 2 amide bonds. The molecule has 0 saturated carbocycles. The van der Waals surface area contributed by atoms with Crippen LogP contribution < -0.4 is 15.5 Å². The van der Waals surface area contributed by atoms with E-state index in [0.29, 0.717) is 73.7 Å². The Hall–Kier alpha value is -5.98. The normalized spacial score (nSPS) is 15.4. The predicted molar refractivity (Wildman–Crippen MR) is 198 cm³/mol. The van der Waals surface area contributed by atoms with Crippen molar-refractivity contribution in [1.29, 1.82) is 0 Å². The molecule has 7 rings (SSSR count). The highest BCUT2D eigenvalue weighted by atomic mass is 19.1. The van der Waals surface area contributed by atoms with Gasteiger partial charge in [0.2, 0.25) is 5.91 Å². The Kier molecular flexibility index (Phi) is 9.51. The molecule has 3 N–H and O–H groups in total. The molecule has 0 aliphatic carbocycles. The summed E-state index contributed by atoms with van der Waals surface area (Å²) in [6, 6.07) is 13.2. The van der Waals surface area contributed by atoms with E-state index >= 15 is 4.39 Å². The zero-order chi connectivity index (χ0) is 35.5. The van der Waals surface area contributed by atoms with Crippen LogP contribution in [0.3, 0.4) is 0 Å². The van der Waals surface area contributed by atoms with E-state index in [2.05, 4.69) is 44.1 Å². The van der Waals surface area contributed by atoms with Gasteiger partial charge in [-0.3, -0.25) is 14.6 Å². The number of hydrogen-bond acceptors (Lipinski definition) is 8. The Morgan fingerprint density at radius 1 is 1.04 bits per heavy atom. The first kappa shape index (κ1) is 33.5. The number of nitrogens with one attached hydrogen (secondary N) is 1. The highest BCUT2D eigenvalue weighted by molar-refractivity contribution is 6.15. The van der Waals surface area contributed by atoms with E-state index in [4.69, 9.17) is 10.6 Å². The maximum Gasteiger partial charge on any atom is 0.270 e. The molecule has 2 aliphatic rings. The number of nitrogens with two attached hydrogens (primary N) is 1. The zero-order valence-corrected chi connectivity index (χ0v) is 28.7. The molecule has 51 heavy (non-hydrogen) atoms. The van der Waals surface area contributed by atoms with Crippen LogP contribution in [-0.4, -0.2) is 101 Å². The minimum atomic E-state index is -0.468. The van der Waals surface area contributed by atoms with E-state index in [-0.39, 0.29) is 30.3 Å². The first-order valence-electron chi connectivity index (χ1n) is 17.0. The number of nitrogens with zero attached hydrogens (tertiary/aromatic N) is 7. The van der Waals surface area contributed by atoms with Crippen LogP contribution in [0.1, 0.15) is 34.5 Å². The lowest BCUT2D eigenvalue weighted by atomic mass is 9.93. The Labute approximate surface area is 294 Å². The van der Waals surface area contributed by atoms with Crippen molar-refractivity contribution in [3.8, 4) is 16.9 Å². The molecule has 2 aliphatic heterocycles. The zero-order valence-electron chi connectivity index (χ0n) is 28.7. The van der Waals surface area contributed by atoms with Crippen LogP contribution in [0, 0.1) is 12.7 Å². The number of para-hydroxylation sites is 1. The predicted octanol–water partition coefficient (Wildman–Crippen LogP) is 4.92. The SMILES string of the molecule is COc1ccccc1-c1cc(C2=CCCN(C(=O)CCN=C/C=N\N)C2)c(F)c2[nH]c(C(=O)N3CCN(c4cn5ccnc5cc4C)CC3)cc12. The molecule has 2 aromatic carbocycles. The van der Waals surface area contributed by atoms with Gasteiger partial charge in [0.05, 0.1) is 24.5 Å². The van der Waals surface area contributed by atoms with Gasteiger partial charge in [0.15, 0.2) is 5.82 Å². The first-order chi connectivity index (χ1) is 24.9. The molecule has 0 spiro atoms. The molecule has 12 nitrogen and oxygen atoms in total. The standard InChI is InChI=1S/C38H40FN9O3/c1-25-20-34-42-13-15-47(34)24-32(25)45-16-18-46(19-17-45)38(50)31-22-30-29(27-7-3-4-8-33(27)51-2)21-28(36(39)37(30)44-31)26-6-5-14-48(23-26)35(49)9-10-41-11-12-43-40/h3-4,6-8,11-13,15,20-22,24,44H,5,9-10,14,16-19,23,40H2,1-2H3/b41-11?,43-12-. The van der Waals surface area contributed by atoms with E-state index in [1.54, 1.807) is 24.3 Å². The van der Waals surface area contributed by atoms with E-state index in [9.17, 15) is 9.59 Å². The van der Waals surface area contributed by atoms with Crippen molar-refractivity contribution < 1.29 is 18.7 Å². The average Bonchev–Trinajstić information content (AvgIpc) is 3.82. The number of benzene rings is 2. The minimum Gasteiger partial charge on any atom is -0.496 e. The molecule has 0 atom stereocenters. The lowest BCUT2D eigenvalue weighted by Gasteiger charge is -2.36.